The number of carbonyl (C=O) groups excluding carboxylic acids is 1. The van der Waals surface area contributed by atoms with Crippen LogP contribution in [0.3, 0.4) is 0 Å². The van der Waals surface area contributed by atoms with Gasteiger partial charge in [-0.2, -0.15) is 0 Å². The van der Waals surface area contributed by atoms with E-state index in [4.69, 9.17) is 4.74 Å². The van der Waals surface area contributed by atoms with Gasteiger partial charge in [-0.25, -0.2) is 0 Å². The van der Waals surface area contributed by atoms with Crippen LogP contribution in [-0.2, 0) is 9.53 Å². The van der Waals surface area contributed by atoms with Crippen molar-refractivity contribution in [3.8, 4) is 0 Å². The summed E-state index contributed by atoms with van der Waals surface area (Å²) in [6.07, 6.45) is 55.6. The van der Waals surface area contributed by atoms with Crippen molar-refractivity contribution in [1.82, 2.24) is 0 Å². The van der Waals surface area contributed by atoms with Gasteiger partial charge in [-0.1, -0.05) is 218 Å². The first-order valence-corrected chi connectivity index (χ1v) is 21.6. The molecule has 0 saturated carbocycles. The predicted octanol–water partition coefficient (Wildman–Crippen LogP) is 16.0. The highest BCUT2D eigenvalue weighted by Gasteiger charge is 2.03. The van der Waals surface area contributed by atoms with Gasteiger partial charge < -0.3 is 4.74 Å². The Labute approximate surface area is 297 Å². The zero-order chi connectivity index (χ0) is 34.1. The lowest BCUT2D eigenvalue weighted by atomic mass is 10.0. The Bertz CT molecular complexity index is 648. The molecule has 0 fully saturated rings. The third-order valence-electron chi connectivity index (χ3n) is 9.77. The van der Waals surface area contributed by atoms with Crippen LogP contribution in [0.2, 0.25) is 0 Å². The molecule has 47 heavy (non-hydrogen) atoms. The summed E-state index contributed by atoms with van der Waals surface area (Å²) in [4.78, 5) is 12.0. The number of ether oxygens (including phenoxy) is 1. The molecule has 0 radical (unpaired) electrons. The third-order valence-corrected chi connectivity index (χ3v) is 9.77. The van der Waals surface area contributed by atoms with E-state index < -0.39 is 0 Å². The van der Waals surface area contributed by atoms with Crippen LogP contribution in [0, 0.1) is 5.92 Å². The number of unbranched alkanes of at least 4 members (excludes halogenated alkanes) is 29. The SMILES string of the molecule is CCCCC/C=C\C/C=C\CCCCCCCC(=O)OCCCCCCCCCCCCCCCCCCCCCCCCC(C)C. The standard InChI is InChI=1S/C45H86O2/c1-4-5-6-7-8-9-10-11-20-24-27-30-33-36-39-42-45(46)47-43-40-37-34-31-28-25-22-19-17-15-13-12-14-16-18-21-23-26-29-32-35-38-41-44(2)3/h8-9,11,20,44H,4-7,10,12-19,21-43H2,1-3H3/b9-8-,20-11-. The van der Waals surface area contributed by atoms with Gasteiger partial charge in [0.2, 0.25) is 0 Å². The van der Waals surface area contributed by atoms with Gasteiger partial charge in [0.15, 0.2) is 0 Å². The van der Waals surface area contributed by atoms with E-state index in [0.29, 0.717) is 13.0 Å². The average molecular weight is 659 g/mol. The van der Waals surface area contributed by atoms with Crippen LogP contribution >= 0.6 is 0 Å². The van der Waals surface area contributed by atoms with Crippen LogP contribution in [0.25, 0.3) is 0 Å². The number of esters is 1. The molecule has 0 rings (SSSR count). The highest BCUT2D eigenvalue weighted by Crippen LogP contribution is 2.16. The fourth-order valence-corrected chi connectivity index (χ4v) is 6.53. The molecule has 0 aromatic rings. The molecule has 0 aliphatic rings. The van der Waals surface area contributed by atoms with Crippen molar-refractivity contribution in [3.63, 3.8) is 0 Å². The largest absolute Gasteiger partial charge is 0.466 e. The van der Waals surface area contributed by atoms with E-state index in [-0.39, 0.29) is 5.97 Å². The summed E-state index contributed by atoms with van der Waals surface area (Å²) in [5, 5.41) is 0. The summed E-state index contributed by atoms with van der Waals surface area (Å²) in [5.41, 5.74) is 0. The third kappa shape index (κ3) is 42.9. The minimum atomic E-state index is 0.0135. The molecule has 0 aliphatic carbocycles. The van der Waals surface area contributed by atoms with Crippen molar-refractivity contribution in [2.45, 2.75) is 245 Å². The summed E-state index contributed by atoms with van der Waals surface area (Å²) in [5.74, 6) is 0.898. The average Bonchev–Trinajstić information content (AvgIpc) is 3.06. The second kappa shape index (κ2) is 41.1. The Kier molecular flexibility index (Phi) is 40.2. The molecule has 0 amide bonds. The maximum absolute atomic E-state index is 12.0. The Morgan fingerprint density at radius 2 is 0.809 bits per heavy atom. The van der Waals surface area contributed by atoms with Gasteiger partial charge in [-0.3, -0.25) is 4.79 Å². The molecule has 0 atom stereocenters. The molecule has 2 heteroatoms. The lowest BCUT2D eigenvalue weighted by Gasteiger charge is -2.06. The van der Waals surface area contributed by atoms with Gasteiger partial charge in [0.1, 0.15) is 0 Å². The van der Waals surface area contributed by atoms with Crippen LogP contribution in [0.4, 0.5) is 0 Å². The Morgan fingerprint density at radius 1 is 0.447 bits per heavy atom. The van der Waals surface area contributed by atoms with Crippen molar-refractivity contribution in [2.24, 2.45) is 5.92 Å². The van der Waals surface area contributed by atoms with Crippen LogP contribution < -0.4 is 0 Å². The molecule has 0 saturated heterocycles. The Balaban J connectivity index is 3.19. The molecule has 0 aromatic carbocycles. The summed E-state index contributed by atoms with van der Waals surface area (Å²) in [7, 11) is 0. The second-order valence-corrected chi connectivity index (χ2v) is 15.2. The number of rotatable bonds is 39. The van der Waals surface area contributed by atoms with Crippen molar-refractivity contribution in [3.05, 3.63) is 24.3 Å². The minimum Gasteiger partial charge on any atom is -0.466 e. The van der Waals surface area contributed by atoms with Gasteiger partial charge in [0.05, 0.1) is 6.61 Å². The molecule has 2 nitrogen and oxygen atoms in total. The van der Waals surface area contributed by atoms with Crippen LogP contribution in [0.1, 0.15) is 245 Å². The maximum atomic E-state index is 12.0. The van der Waals surface area contributed by atoms with Crippen LogP contribution in [0.5, 0.6) is 0 Å². The topological polar surface area (TPSA) is 26.3 Å². The molecule has 278 valence electrons. The number of allylic oxidation sites excluding steroid dienone is 4. The fraction of sp³-hybridized carbons (Fsp3) is 0.889. The number of carbonyl (C=O) groups is 1. The highest BCUT2D eigenvalue weighted by atomic mass is 16.5. The molecule has 0 heterocycles. The number of hydrogen-bond donors (Lipinski definition) is 0. The van der Waals surface area contributed by atoms with Crippen LogP contribution in [-0.4, -0.2) is 12.6 Å². The van der Waals surface area contributed by atoms with E-state index in [1.165, 1.54) is 193 Å². The normalized spacial score (nSPS) is 11.9. The molecule has 0 aliphatic heterocycles. The summed E-state index contributed by atoms with van der Waals surface area (Å²) >= 11 is 0. The van der Waals surface area contributed by atoms with Crippen molar-refractivity contribution < 1.29 is 9.53 Å². The van der Waals surface area contributed by atoms with E-state index in [0.717, 1.165) is 31.6 Å². The summed E-state index contributed by atoms with van der Waals surface area (Å²) in [6, 6.07) is 0. The van der Waals surface area contributed by atoms with Crippen molar-refractivity contribution in [2.75, 3.05) is 6.61 Å². The Hall–Kier alpha value is -1.05. The van der Waals surface area contributed by atoms with Gasteiger partial charge in [0.25, 0.3) is 0 Å². The van der Waals surface area contributed by atoms with E-state index in [2.05, 4.69) is 45.1 Å². The lowest BCUT2D eigenvalue weighted by molar-refractivity contribution is -0.143. The summed E-state index contributed by atoms with van der Waals surface area (Å²) < 4.78 is 5.46. The predicted molar refractivity (Wildman–Crippen MR) is 211 cm³/mol. The van der Waals surface area contributed by atoms with E-state index in [9.17, 15) is 4.79 Å². The van der Waals surface area contributed by atoms with E-state index in [1.54, 1.807) is 0 Å². The van der Waals surface area contributed by atoms with Gasteiger partial charge in [0, 0.05) is 6.42 Å². The lowest BCUT2D eigenvalue weighted by Crippen LogP contribution is -2.05. The van der Waals surface area contributed by atoms with Crippen molar-refractivity contribution in [1.29, 1.82) is 0 Å². The fourth-order valence-electron chi connectivity index (χ4n) is 6.53. The summed E-state index contributed by atoms with van der Waals surface area (Å²) in [6.45, 7) is 7.56. The van der Waals surface area contributed by atoms with Gasteiger partial charge in [-0.15, -0.1) is 0 Å². The Morgan fingerprint density at radius 3 is 1.23 bits per heavy atom. The van der Waals surface area contributed by atoms with E-state index in [1.807, 2.05) is 0 Å². The van der Waals surface area contributed by atoms with Gasteiger partial charge >= 0.3 is 5.97 Å². The molecular weight excluding hydrogens is 572 g/mol. The molecular formula is C45H86O2. The molecule has 0 spiro atoms. The van der Waals surface area contributed by atoms with Gasteiger partial charge in [-0.05, 0) is 50.9 Å². The van der Waals surface area contributed by atoms with Crippen molar-refractivity contribution >= 4 is 5.97 Å². The second-order valence-electron chi connectivity index (χ2n) is 15.2. The zero-order valence-corrected chi connectivity index (χ0v) is 32.7. The molecule has 0 bridgehead atoms. The van der Waals surface area contributed by atoms with Crippen LogP contribution in [0.15, 0.2) is 24.3 Å². The monoisotopic (exact) mass is 659 g/mol. The molecule has 0 N–H and O–H groups in total. The first-order valence-electron chi connectivity index (χ1n) is 21.6. The van der Waals surface area contributed by atoms with E-state index >= 15 is 0 Å². The highest BCUT2D eigenvalue weighted by molar-refractivity contribution is 5.69. The maximum Gasteiger partial charge on any atom is 0.305 e. The molecule has 0 aromatic heterocycles. The first-order chi connectivity index (χ1) is 23.2. The quantitative estimate of drug-likeness (QED) is 0.0373. The smallest absolute Gasteiger partial charge is 0.305 e. The zero-order valence-electron chi connectivity index (χ0n) is 32.7. The molecule has 0 unspecified atom stereocenters. The number of hydrogen-bond acceptors (Lipinski definition) is 2. The first kappa shape index (κ1) is 46.0. The minimum absolute atomic E-state index is 0.0135.